The summed E-state index contributed by atoms with van der Waals surface area (Å²) in [6.07, 6.45) is 2.21. The Bertz CT molecular complexity index is 964. The van der Waals surface area contributed by atoms with Gasteiger partial charge in [0.2, 0.25) is 11.7 Å². The van der Waals surface area contributed by atoms with E-state index in [9.17, 15) is 10.1 Å². The average molecular weight is 366 g/mol. The highest BCUT2D eigenvalue weighted by atomic mass is 16.6. The Morgan fingerprint density at radius 1 is 1.26 bits per heavy atom. The van der Waals surface area contributed by atoms with Gasteiger partial charge in [0.15, 0.2) is 6.61 Å². The molecule has 1 aliphatic carbocycles. The molecule has 1 aromatic heterocycles. The van der Waals surface area contributed by atoms with Crippen LogP contribution in [-0.4, -0.2) is 15.1 Å². The summed E-state index contributed by atoms with van der Waals surface area (Å²) in [4.78, 5) is 15.1. The van der Waals surface area contributed by atoms with Crippen LogP contribution in [0.1, 0.15) is 36.0 Å². The fourth-order valence-corrected chi connectivity index (χ4v) is 2.66. The smallest absolute Gasteiger partial charge is 0.292 e. The molecule has 1 fully saturated rings. The lowest BCUT2D eigenvalue weighted by Gasteiger charge is -2.09. The van der Waals surface area contributed by atoms with Crippen molar-refractivity contribution in [3.05, 3.63) is 69.9 Å². The highest BCUT2D eigenvalue weighted by Gasteiger charge is 2.29. The number of aryl methyl sites for hydroxylation is 1. The van der Waals surface area contributed by atoms with Crippen molar-refractivity contribution in [1.29, 1.82) is 0 Å². The first kappa shape index (κ1) is 17.0. The lowest BCUT2D eigenvalue weighted by molar-refractivity contribution is -0.384. The fourth-order valence-electron chi connectivity index (χ4n) is 2.66. The van der Waals surface area contributed by atoms with Gasteiger partial charge in [0.25, 0.3) is 5.69 Å². The van der Waals surface area contributed by atoms with Crippen LogP contribution in [-0.2, 0) is 6.61 Å². The third-order valence-corrected chi connectivity index (χ3v) is 4.26. The molecule has 0 bridgehead atoms. The van der Waals surface area contributed by atoms with Crippen molar-refractivity contribution in [1.82, 2.24) is 10.1 Å². The molecule has 1 aliphatic rings. The number of rotatable bonds is 7. The topological polar surface area (TPSA) is 103 Å². The van der Waals surface area contributed by atoms with E-state index in [2.05, 4.69) is 15.5 Å². The Morgan fingerprint density at radius 2 is 2.04 bits per heavy atom. The minimum atomic E-state index is -0.395. The first-order chi connectivity index (χ1) is 13.1. The quantitative estimate of drug-likeness (QED) is 0.485. The molecule has 0 unspecified atom stereocenters. The summed E-state index contributed by atoms with van der Waals surface area (Å²) >= 11 is 0. The molecule has 138 valence electrons. The number of aromatic nitrogens is 2. The highest BCUT2D eigenvalue weighted by Crippen LogP contribution is 2.38. The summed E-state index contributed by atoms with van der Waals surface area (Å²) < 4.78 is 10.9. The SMILES string of the molecule is Cc1ccc(Nc2ccc(OCc3noc(C4CC4)n3)cc2)c([N+](=O)[O-])c1. The van der Waals surface area contributed by atoms with Crippen LogP contribution >= 0.6 is 0 Å². The van der Waals surface area contributed by atoms with E-state index < -0.39 is 4.92 Å². The molecule has 0 saturated heterocycles. The number of nitro benzene ring substituents is 1. The van der Waals surface area contributed by atoms with Crippen LogP contribution in [0.5, 0.6) is 5.75 Å². The molecule has 1 saturated carbocycles. The second-order valence-corrected chi connectivity index (χ2v) is 6.54. The van der Waals surface area contributed by atoms with E-state index in [1.807, 2.05) is 13.0 Å². The van der Waals surface area contributed by atoms with Crippen LogP contribution in [0, 0.1) is 17.0 Å². The molecule has 8 nitrogen and oxygen atoms in total. The Kier molecular flexibility index (Phi) is 4.45. The Labute approximate surface area is 155 Å². The number of hydrogen-bond donors (Lipinski definition) is 1. The molecule has 0 atom stereocenters. The van der Waals surface area contributed by atoms with Gasteiger partial charge in [-0.25, -0.2) is 0 Å². The van der Waals surface area contributed by atoms with Crippen LogP contribution in [0.15, 0.2) is 47.0 Å². The monoisotopic (exact) mass is 366 g/mol. The van der Waals surface area contributed by atoms with Crippen LogP contribution in [0.4, 0.5) is 17.1 Å². The summed E-state index contributed by atoms with van der Waals surface area (Å²) in [5.41, 5.74) is 2.05. The van der Waals surface area contributed by atoms with E-state index in [0.717, 1.165) is 24.1 Å². The van der Waals surface area contributed by atoms with Crippen molar-refractivity contribution >= 4 is 17.1 Å². The van der Waals surface area contributed by atoms with Gasteiger partial charge in [0, 0.05) is 17.7 Å². The van der Waals surface area contributed by atoms with Gasteiger partial charge in [-0.2, -0.15) is 4.98 Å². The third-order valence-electron chi connectivity index (χ3n) is 4.26. The van der Waals surface area contributed by atoms with E-state index in [0.29, 0.717) is 29.1 Å². The Hall–Kier alpha value is -3.42. The predicted octanol–water partition coefficient (Wildman–Crippen LogP) is 4.49. The summed E-state index contributed by atoms with van der Waals surface area (Å²) in [6.45, 7) is 2.05. The van der Waals surface area contributed by atoms with Gasteiger partial charge in [0.1, 0.15) is 11.4 Å². The van der Waals surface area contributed by atoms with Crippen LogP contribution < -0.4 is 10.1 Å². The fraction of sp³-hybridized carbons (Fsp3) is 0.263. The minimum Gasteiger partial charge on any atom is -0.485 e. The molecule has 1 heterocycles. The van der Waals surface area contributed by atoms with E-state index >= 15 is 0 Å². The van der Waals surface area contributed by atoms with Crippen molar-refractivity contribution in [2.45, 2.75) is 32.3 Å². The standard InChI is InChI=1S/C19H18N4O4/c1-12-2-9-16(17(10-12)23(24)25)20-14-5-7-15(8-6-14)26-11-18-21-19(27-22-18)13-3-4-13/h2,5-10,13,20H,3-4,11H2,1H3. The number of nitro groups is 1. The molecule has 0 amide bonds. The highest BCUT2D eigenvalue weighted by molar-refractivity contribution is 5.70. The van der Waals surface area contributed by atoms with Gasteiger partial charge in [-0.1, -0.05) is 11.2 Å². The predicted molar refractivity (Wildman–Crippen MR) is 98.2 cm³/mol. The van der Waals surface area contributed by atoms with Gasteiger partial charge in [-0.3, -0.25) is 10.1 Å². The number of nitrogens with one attached hydrogen (secondary N) is 1. The third kappa shape index (κ3) is 4.05. The summed E-state index contributed by atoms with van der Waals surface area (Å²) in [7, 11) is 0. The van der Waals surface area contributed by atoms with Crippen molar-refractivity contribution in [3.63, 3.8) is 0 Å². The number of hydrogen-bond acceptors (Lipinski definition) is 7. The van der Waals surface area contributed by atoms with Gasteiger partial charge in [-0.05, 0) is 55.7 Å². The summed E-state index contributed by atoms with van der Waals surface area (Å²) in [5, 5.41) is 18.2. The molecule has 8 heteroatoms. The zero-order chi connectivity index (χ0) is 18.8. The first-order valence-electron chi connectivity index (χ1n) is 8.66. The minimum absolute atomic E-state index is 0.0406. The zero-order valence-electron chi connectivity index (χ0n) is 14.7. The van der Waals surface area contributed by atoms with Crippen LogP contribution in [0.3, 0.4) is 0 Å². The first-order valence-corrected chi connectivity index (χ1v) is 8.66. The van der Waals surface area contributed by atoms with Crippen LogP contribution in [0.2, 0.25) is 0 Å². The van der Waals surface area contributed by atoms with Gasteiger partial charge >= 0.3 is 0 Å². The molecule has 27 heavy (non-hydrogen) atoms. The second-order valence-electron chi connectivity index (χ2n) is 6.54. The summed E-state index contributed by atoms with van der Waals surface area (Å²) in [6, 6.07) is 12.2. The van der Waals surface area contributed by atoms with E-state index in [1.165, 1.54) is 0 Å². The normalized spacial score (nSPS) is 13.4. The molecule has 0 aliphatic heterocycles. The largest absolute Gasteiger partial charge is 0.485 e. The lowest BCUT2D eigenvalue weighted by Crippen LogP contribution is -1.99. The molecule has 4 rings (SSSR count). The number of ether oxygens (including phenoxy) is 1. The number of anilines is 2. The molecule has 3 aromatic rings. The van der Waals surface area contributed by atoms with Crippen molar-refractivity contribution in [2.24, 2.45) is 0 Å². The maximum Gasteiger partial charge on any atom is 0.292 e. The number of benzene rings is 2. The van der Waals surface area contributed by atoms with Gasteiger partial charge in [-0.15, -0.1) is 0 Å². The second kappa shape index (κ2) is 7.06. The lowest BCUT2D eigenvalue weighted by atomic mass is 10.2. The van der Waals surface area contributed by atoms with Gasteiger partial charge < -0.3 is 14.6 Å². The molecule has 0 radical (unpaired) electrons. The maximum absolute atomic E-state index is 11.2. The zero-order valence-corrected chi connectivity index (χ0v) is 14.7. The molecule has 1 N–H and O–H groups in total. The Morgan fingerprint density at radius 3 is 2.74 bits per heavy atom. The maximum atomic E-state index is 11.2. The summed E-state index contributed by atoms with van der Waals surface area (Å²) in [5.74, 6) is 2.28. The van der Waals surface area contributed by atoms with Crippen molar-refractivity contribution in [3.8, 4) is 5.75 Å². The van der Waals surface area contributed by atoms with E-state index in [4.69, 9.17) is 9.26 Å². The van der Waals surface area contributed by atoms with Crippen molar-refractivity contribution in [2.75, 3.05) is 5.32 Å². The average Bonchev–Trinajstić information content (AvgIpc) is 3.41. The van der Waals surface area contributed by atoms with Gasteiger partial charge in [0.05, 0.1) is 4.92 Å². The molecule has 2 aromatic carbocycles. The Balaban J connectivity index is 1.39. The molecular formula is C19H18N4O4. The van der Waals surface area contributed by atoms with E-state index in [-0.39, 0.29) is 12.3 Å². The van der Waals surface area contributed by atoms with Crippen LogP contribution in [0.25, 0.3) is 0 Å². The molecule has 0 spiro atoms. The molecular weight excluding hydrogens is 348 g/mol. The van der Waals surface area contributed by atoms with E-state index in [1.54, 1.807) is 36.4 Å². The van der Waals surface area contributed by atoms with Crippen molar-refractivity contribution < 1.29 is 14.2 Å². The number of nitrogens with zero attached hydrogens (tertiary/aromatic N) is 3.